The summed E-state index contributed by atoms with van der Waals surface area (Å²) in [5, 5.41) is 0. The Morgan fingerprint density at radius 2 is 2.20 bits per heavy atom. The number of hydrogen-bond acceptors (Lipinski definition) is 1. The molecule has 0 aromatic carbocycles. The molecule has 0 bridgehead atoms. The summed E-state index contributed by atoms with van der Waals surface area (Å²) in [4.78, 5) is 4.07. The molecule has 1 heteroatoms. The third kappa shape index (κ3) is 4.07. The molecule has 0 aliphatic heterocycles. The molecule has 0 rings (SSSR count). The van der Waals surface area contributed by atoms with Crippen LogP contribution in [0.5, 0.6) is 0 Å². The van der Waals surface area contributed by atoms with E-state index in [1.54, 1.807) is 6.20 Å². The molecule has 1 nitrogen and oxygen atoms in total. The average molecular weight is 137 g/mol. The van der Waals surface area contributed by atoms with Crippen LogP contribution in [0.25, 0.3) is 0 Å². The molecule has 0 saturated carbocycles. The van der Waals surface area contributed by atoms with E-state index in [-0.39, 0.29) is 0 Å². The highest BCUT2D eigenvalue weighted by Gasteiger charge is 1.84. The summed E-state index contributed by atoms with van der Waals surface area (Å²) in [6, 6.07) is 0. The minimum absolute atomic E-state index is 0.975. The van der Waals surface area contributed by atoms with Crippen molar-refractivity contribution in [2.45, 2.75) is 26.7 Å². The molecule has 0 unspecified atom stereocenters. The highest BCUT2D eigenvalue weighted by Crippen LogP contribution is 1.90. The van der Waals surface area contributed by atoms with E-state index in [2.05, 4.69) is 31.5 Å². The summed E-state index contributed by atoms with van der Waals surface area (Å²) >= 11 is 0. The van der Waals surface area contributed by atoms with Gasteiger partial charge >= 0.3 is 0 Å². The lowest BCUT2D eigenvalue weighted by Crippen LogP contribution is -1.87. The van der Waals surface area contributed by atoms with E-state index in [0.29, 0.717) is 0 Å². The van der Waals surface area contributed by atoms with Crippen molar-refractivity contribution >= 4 is 5.71 Å². The molecular weight excluding hydrogens is 122 g/mol. The number of hydrogen-bond donors (Lipinski definition) is 0. The van der Waals surface area contributed by atoms with Crippen LogP contribution in [-0.4, -0.2) is 5.71 Å². The fourth-order valence-electron chi connectivity index (χ4n) is 0.623. The number of rotatable bonds is 4. The molecule has 0 radical (unpaired) electrons. The normalized spacial score (nSPS) is 12.4. The largest absolute Gasteiger partial charge is 0.262 e. The van der Waals surface area contributed by atoms with Crippen LogP contribution in [0, 0.1) is 0 Å². The Hall–Kier alpha value is -0.850. The van der Waals surface area contributed by atoms with Gasteiger partial charge in [0.15, 0.2) is 0 Å². The van der Waals surface area contributed by atoms with Gasteiger partial charge in [0.25, 0.3) is 0 Å². The Morgan fingerprint density at radius 3 is 2.60 bits per heavy atom. The molecule has 0 atom stereocenters. The monoisotopic (exact) mass is 137 g/mol. The zero-order valence-corrected chi connectivity index (χ0v) is 6.80. The Kier molecular flexibility index (Phi) is 5.74. The Balaban J connectivity index is 3.94. The van der Waals surface area contributed by atoms with Crippen LogP contribution in [0.3, 0.4) is 0 Å². The van der Waals surface area contributed by atoms with Crippen molar-refractivity contribution in [3.8, 4) is 0 Å². The molecule has 0 aromatic rings. The van der Waals surface area contributed by atoms with E-state index >= 15 is 0 Å². The van der Waals surface area contributed by atoms with Crippen LogP contribution in [0.2, 0.25) is 0 Å². The Labute approximate surface area is 63.2 Å². The number of allylic oxidation sites excluding steroid dienone is 2. The summed E-state index contributed by atoms with van der Waals surface area (Å²) in [6.45, 7) is 7.73. The summed E-state index contributed by atoms with van der Waals surface area (Å²) in [6.07, 6.45) is 7.77. The van der Waals surface area contributed by atoms with Crippen LogP contribution in [0.1, 0.15) is 26.7 Å². The lowest BCUT2D eigenvalue weighted by atomic mass is 10.2. The van der Waals surface area contributed by atoms with Crippen LogP contribution in [0.15, 0.2) is 29.9 Å². The molecule has 0 aliphatic rings. The van der Waals surface area contributed by atoms with Gasteiger partial charge in [0.05, 0.1) is 0 Å². The molecule has 56 valence electrons. The number of nitrogens with zero attached hydrogens (tertiary/aromatic N) is 1. The highest BCUT2D eigenvalue weighted by molar-refractivity contribution is 5.95. The summed E-state index contributed by atoms with van der Waals surface area (Å²) in [5.74, 6) is 0. The summed E-state index contributed by atoms with van der Waals surface area (Å²) < 4.78 is 0. The second-order valence-corrected chi connectivity index (χ2v) is 1.97. The van der Waals surface area contributed by atoms with Gasteiger partial charge in [-0.1, -0.05) is 26.5 Å². The van der Waals surface area contributed by atoms with Gasteiger partial charge in [-0.05, 0) is 18.9 Å². The van der Waals surface area contributed by atoms with E-state index in [0.717, 1.165) is 18.6 Å². The van der Waals surface area contributed by atoms with Crippen molar-refractivity contribution in [3.63, 3.8) is 0 Å². The van der Waals surface area contributed by atoms with Gasteiger partial charge in [-0.2, -0.15) is 0 Å². The standard InChI is InChI=1S/C9H15N/c1-4-7-8-9(5-2)10-6-3/h6-8H,3-5H2,1-2H3/b8-7-,10-9+. The van der Waals surface area contributed by atoms with Crippen molar-refractivity contribution in [3.05, 3.63) is 24.9 Å². The first-order valence-corrected chi connectivity index (χ1v) is 3.69. The van der Waals surface area contributed by atoms with Gasteiger partial charge in [0.2, 0.25) is 0 Å². The molecular formula is C9H15N. The first-order valence-electron chi connectivity index (χ1n) is 3.69. The first kappa shape index (κ1) is 9.15. The topological polar surface area (TPSA) is 12.4 Å². The second-order valence-electron chi connectivity index (χ2n) is 1.97. The van der Waals surface area contributed by atoms with Crippen LogP contribution < -0.4 is 0 Å². The molecule has 10 heavy (non-hydrogen) atoms. The highest BCUT2D eigenvalue weighted by atomic mass is 14.7. The van der Waals surface area contributed by atoms with Gasteiger partial charge in [-0.3, -0.25) is 4.99 Å². The predicted octanol–water partition coefficient (Wildman–Crippen LogP) is 2.95. The number of aliphatic imine (C=N–C) groups is 1. The van der Waals surface area contributed by atoms with Crippen molar-refractivity contribution < 1.29 is 0 Å². The molecule has 0 N–H and O–H groups in total. The predicted molar refractivity (Wildman–Crippen MR) is 47.4 cm³/mol. The molecule has 0 spiro atoms. The second kappa shape index (κ2) is 6.27. The van der Waals surface area contributed by atoms with Crippen molar-refractivity contribution in [2.75, 3.05) is 0 Å². The lowest BCUT2D eigenvalue weighted by molar-refractivity contribution is 1.21. The first-order chi connectivity index (χ1) is 4.85. The quantitative estimate of drug-likeness (QED) is 0.528. The minimum Gasteiger partial charge on any atom is -0.262 e. The van der Waals surface area contributed by atoms with Crippen LogP contribution >= 0.6 is 0 Å². The lowest BCUT2D eigenvalue weighted by Gasteiger charge is -1.90. The van der Waals surface area contributed by atoms with E-state index in [9.17, 15) is 0 Å². The molecule has 0 heterocycles. The maximum absolute atomic E-state index is 4.07. The van der Waals surface area contributed by atoms with Gasteiger partial charge in [0, 0.05) is 11.9 Å². The molecule has 0 aliphatic carbocycles. The van der Waals surface area contributed by atoms with Gasteiger partial charge in [0.1, 0.15) is 0 Å². The Bertz CT molecular complexity index is 143. The summed E-state index contributed by atoms with van der Waals surface area (Å²) in [7, 11) is 0. The van der Waals surface area contributed by atoms with Crippen molar-refractivity contribution in [2.24, 2.45) is 4.99 Å². The third-order valence-electron chi connectivity index (χ3n) is 1.17. The zero-order chi connectivity index (χ0) is 7.82. The zero-order valence-electron chi connectivity index (χ0n) is 6.80. The smallest absolute Gasteiger partial charge is 0.0397 e. The van der Waals surface area contributed by atoms with Gasteiger partial charge < -0.3 is 0 Å². The fourth-order valence-corrected chi connectivity index (χ4v) is 0.623. The fraction of sp³-hybridized carbons (Fsp3) is 0.444. The minimum atomic E-state index is 0.975. The molecule has 0 amide bonds. The van der Waals surface area contributed by atoms with Crippen LogP contribution in [0.4, 0.5) is 0 Å². The molecule has 0 fully saturated rings. The summed E-state index contributed by atoms with van der Waals surface area (Å²) in [5.41, 5.74) is 1.09. The van der Waals surface area contributed by atoms with Crippen LogP contribution in [-0.2, 0) is 0 Å². The third-order valence-corrected chi connectivity index (χ3v) is 1.17. The van der Waals surface area contributed by atoms with Gasteiger partial charge in [-0.25, -0.2) is 0 Å². The van der Waals surface area contributed by atoms with Crippen molar-refractivity contribution in [1.82, 2.24) is 0 Å². The molecule has 0 aromatic heterocycles. The van der Waals surface area contributed by atoms with E-state index < -0.39 is 0 Å². The maximum Gasteiger partial charge on any atom is 0.0397 e. The maximum atomic E-state index is 4.07. The molecule has 0 saturated heterocycles. The Morgan fingerprint density at radius 1 is 1.50 bits per heavy atom. The van der Waals surface area contributed by atoms with E-state index in [1.165, 1.54) is 0 Å². The van der Waals surface area contributed by atoms with Gasteiger partial charge in [-0.15, -0.1) is 0 Å². The SMILES string of the molecule is C=C/N=C(/C=C\CC)CC. The average Bonchev–Trinajstić information content (AvgIpc) is 1.98. The van der Waals surface area contributed by atoms with E-state index in [4.69, 9.17) is 0 Å². The van der Waals surface area contributed by atoms with Crippen molar-refractivity contribution in [1.29, 1.82) is 0 Å². The van der Waals surface area contributed by atoms with E-state index in [1.807, 2.05) is 6.08 Å².